The quantitative estimate of drug-likeness (QED) is 0.459. The second kappa shape index (κ2) is 8.79. The molecule has 0 heterocycles. The summed E-state index contributed by atoms with van der Waals surface area (Å²) in [6.07, 6.45) is 10.4. The van der Waals surface area contributed by atoms with Crippen LogP contribution < -0.4 is 0 Å². The van der Waals surface area contributed by atoms with E-state index in [0.29, 0.717) is 6.61 Å². The molecule has 0 rings (SSSR count). The van der Waals surface area contributed by atoms with Crippen molar-refractivity contribution in [2.45, 2.75) is 46.0 Å². The third kappa shape index (κ3) is 7.80. The number of hydrogen-bond acceptors (Lipinski definition) is 1. The summed E-state index contributed by atoms with van der Waals surface area (Å²) in [6, 6.07) is 0. The predicted molar refractivity (Wildman–Crippen MR) is 54.1 cm³/mol. The molecule has 0 aromatic carbocycles. The summed E-state index contributed by atoms with van der Waals surface area (Å²) in [6.45, 7) is 4.68. The molecule has 1 atom stereocenters. The summed E-state index contributed by atoms with van der Waals surface area (Å²) in [5.74, 6) is 0.726. The molecule has 1 unspecified atom stereocenters. The zero-order valence-corrected chi connectivity index (χ0v) is 8.42. The molecule has 0 radical (unpaired) electrons. The molecule has 0 bridgehead atoms. The molecule has 0 spiro atoms. The first-order valence-electron chi connectivity index (χ1n) is 5.05. The Bertz CT molecular complexity index is 108. The highest BCUT2D eigenvalue weighted by molar-refractivity contribution is 4.82. The van der Waals surface area contributed by atoms with Crippen LogP contribution in [0, 0.1) is 5.92 Å². The zero-order valence-electron chi connectivity index (χ0n) is 8.42. The Kier molecular flexibility index (Phi) is 8.57. The zero-order chi connectivity index (χ0) is 9.23. The van der Waals surface area contributed by atoms with E-state index in [9.17, 15) is 0 Å². The topological polar surface area (TPSA) is 20.2 Å². The Morgan fingerprint density at radius 2 is 1.83 bits per heavy atom. The van der Waals surface area contributed by atoms with Crippen molar-refractivity contribution in [1.29, 1.82) is 0 Å². The van der Waals surface area contributed by atoms with Gasteiger partial charge >= 0.3 is 0 Å². The van der Waals surface area contributed by atoms with Gasteiger partial charge in [-0.05, 0) is 25.7 Å². The van der Waals surface area contributed by atoms with E-state index < -0.39 is 0 Å². The monoisotopic (exact) mass is 170 g/mol. The first-order valence-corrected chi connectivity index (χ1v) is 5.05. The van der Waals surface area contributed by atoms with Crippen LogP contribution >= 0.6 is 0 Å². The fourth-order valence-corrected chi connectivity index (χ4v) is 1.36. The smallest absolute Gasteiger partial charge is 0.0431 e. The lowest BCUT2D eigenvalue weighted by Gasteiger charge is -2.04. The normalized spacial score (nSPS) is 13.9. The molecular weight excluding hydrogens is 148 g/mol. The molecule has 0 aliphatic rings. The van der Waals surface area contributed by atoms with Crippen LogP contribution in [0.3, 0.4) is 0 Å². The van der Waals surface area contributed by atoms with Crippen LogP contribution in [0.25, 0.3) is 0 Å². The third-order valence-corrected chi connectivity index (χ3v) is 2.09. The summed E-state index contributed by atoms with van der Waals surface area (Å²) < 4.78 is 0. The average molecular weight is 170 g/mol. The first kappa shape index (κ1) is 11.7. The maximum atomic E-state index is 8.55. The molecule has 12 heavy (non-hydrogen) atoms. The van der Waals surface area contributed by atoms with Crippen LogP contribution in [0.4, 0.5) is 0 Å². The van der Waals surface area contributed by atoms with Crippen LogP contribution in [0.1, 0.15) is 46.0 Å². The van der Waals surface area contributed by atoms with E-state index in [0.717, 1.165) is 12.3 Å². The minimum Gasteiger partial charge on any atom is -0.396 e. The second-order valence-electron chi connectivity index (χ2n) is 3.43. The van der Waals surface area contributed by atoms with Crippen molar-refractivity contribution in [2.24, 2.45) is 5.92 Å². The molecule has 0 aromatic rings. The maximum Gasteiger partial charge on any atom is 0.0431 e. The van der Waals surface area contributed by atoms with Crippen molar-refractivity contribution in [3.63, 3.8) is 0 Å². The minimum absolute atomic E-state index is 0.352. The van der Waals surface area contributed by atoms with Crippen molar-refractivity contribution in [3.8, 4) is 0 Å². The molecule has 72 valence electrons. The Labute approximate surface area is 76.5 Å². The van der Waals surface area contributed by atoms with Gasteiger partial charge in [0.1, 0.15) is 0 Å². The number of rotatable bonds is 7. The molecule has 0 amide bonds. The van der Waals surface area contributed by atoms with Crippen LogP contribution in [0.15, 0.2) is 12.2 Å². The fourth-order valence-electron chi connectivity index (χ4n) is 1.36. The van der Waals surface area contributed by atoms with Gasteiger partial charge in [0.15, 0.2) is 0 Å². The number of aliphatic hydroxyl groups excluding tert-OH is 1. The number of aliphatic hydroxyl groups is 1. The third-order valence-electron chi connectivity index (χ3n) is 2.09. The minimum atomic E-state index is 0.352. The fraction of sp³-hybridized carbons (Fsp3) is 0.818. The van der Waals surface area contributed by atoms with Crippen molar-refractivity contribution >= 4 is 0 Å². The van der Waals surface area contributed by atoms with E-state index in [1.54, 1.807) is 0 Å². The van der Waals surface area contributed by atoms with Crippen molar-refractivity contribution in [2.75, 3.05) is 6.61 Å². The molecule has 0 aromatic heterocycles. The Hall–Kier alpha value is -0.300. The lowest BCUT2D eigenvalue weighted by atomic mass is 10.0. The largest absolute Gasteiger partial charge is 0.396 e. The molecule has 0 aliphatic carbocycles. The van der Waals surface area contributed by atoms with Gasteiger partial charge in [-0.3, -0.25) is 0 Å². The summed E-state index contributed by atoms with van der Waals surface area (Å²) >= 11 is 0. The van der Waals surface area contributed by atoms with Crippen LogP contribution in [0.5, 0.6) is 0 Å². The van der Waals surface area contributed by atoms with Gasteiger partial charge in [-0.2, -0.15) is 0 Å². The van der Waals surface area contributed by atoms with E-state index in [-0.39, 0.29) is 0 Å². The molecule has 1 heteroatoms. The summed E-state index contributed by atoms with van der Waals surface area (Å²) in [4.78, 5) is 0. The Morgan fingerprint density at radius 1 is 1.17 bits per heavy atom. The van der Waals surface area contributed by atoms with Gasteiger partial charge in [-0.15, -0.1) is 0 Å². The van der Waals surface area contributed by atoms with Gasteiger partial charge in [0, 0.05) is 6.61 Å². The highest BCUT2D eigenvalue weighted by atomic mass is 16.2. The summed E-state index contributed by atoms with van der Waals surface area (Å²) in [5, 5.41) is 8.55. The maximum absolute atomic E-state index is 8.55. The predicted octanol–water partition coefficient (Wildman–Crippen LogP) is 3.14. The van der Waals surface area contributed by atoms with Gasteiger partial charge in [0.2, 0.25) is 0 Å². The summed E-state index contributed by atoms with van der Waals surface area (Å²) in [5.41, 5.74) is 0. The lowest BCUT2D eigenvalue weighted by Crippen LogP contribution is -1.90. The molecular formula is C11H22O. The number of allylic oxidation sites excluding steroid dienone is 2. The van der Waals surface area contributed by atoms with Crippen LogP contribution in [-0.4, -0.2) is 11.7 Å². The van der Waals surface area contributed by atoms with Crippen molar-refractivity contribution in [1.82, 2.24) is 0 Å². The van der Waals surface area contributed by atoms with E-state index >= 15 is 0 Å². The van der Waals surface area contributed by atoms with Gasteiger partial charge < -0.3 is 5.11 Å². The Morgan fingerprint density at radius 3 is 2.42 bits per heavy atom. The van der Waals surface area contributed by atoms with E-state index in [1.807, 2.05) is 0 Å². The number of unbranched alkanes of at least 4 members (excludes halogenated alkanes) is 3. The van der Waals surface area contributed by atoms with Gasteiger partial charge in [-0.1, -0.05) is 38.3 Å². The van der Waals surface area contributed by atoms with E-state index in [2.05, 4.69) is 26.0 Å². The van der Waals surface area contributed by atoms with Gasteiger partial charge in [0.25, 0.3) is 0 Å². The van der Waals surface area contributed by atoms with Crippen molar-refractivity contribution in [3.05, 3.63) is 12.2 Å². The average Bonchev–Trinajstić information content (AvgIpc) is 2.05. The van der Waals surface area contributed by atoms with Crippen LogP contribution in [-0.2, 0) is 0 Å². The van der Waals surface area contributed by atoms with Crippen molar-refractivity contribution < 1.29 is 5.11 Å². The van der Waals surface area contributed by atoms with E-state index in [1.165, 1.54) is 25.7 Å². The van der Waals surface area contributed by atoms with E-state index in [4.69, 9.17) is 5.11 Å². The highest BCUT2D eigenvalue weighted by Gasteiger charge is 1.95. The molecule has 1 nitrogen and oxygen atoms in total. The molecule has 1 N–H and O–H groups in total. The van der Waals surface area contributed by atoms with Gasteiger partial charge in [-0.25, -0.2) is 0 Å². The summed E-state index contributed by atoms with van der Waals surface area (Å²) in [7, 11) is 0. The number of hydrogen-bond donors (Lipinski definition) is 1. The standard InChI is InChI=1S/C11H22O/c1-3-8-11(2)9-6-4-5-7-10-12/h3,8,11-12H,4-7,9-10H2,1-2H3. The second-order valence-corrected chi connectivity index (χ2v) is 3.43. The molecule has 0 saturated heterocycles. The first-order chi connectivity index (χ1) is 5.81. The molecule has 0 aliphatic heterocycles. The lowest BCUT2D eigenvalue weighted by molar-refractivity contribution is 0.282. The van der Waals surface area contributed by atoms with Crippen LogP contribution in [0.2, 0.25) is 0 Å². The molecule has 0 saturated carbocycles. The van der Waals surface area contributed by atoms with Gasteiger partial charge in [0.05, 0.1) is 0 Å². The SMILES string of the molecule is CC=CC(C)CCCCCCO. The Balaban J connectivity index is 3.08. The highest BCUT2D eigenvalue weighted by Crippen LogP contribution is 2.11. The molecule has 0 fully saturated rings.